The number of nitrogens with zero attached hydrogens (tertiary/aromatic N) is 2. The average molecular weight is 431 g/mol. The Morgan fingerprint density at radius 1 is 1.03 bits per heavy atom. The van der Waals surface area contributed by atoms with Crippen molar-refractivity contribution in [1.82, 2.24) is 0 Å². The molecule has 0 spiro atoms. The summed E-state index contributed by atoms with van der Waals surface area (Å²) in [7, 11) is 4.23. The molecule has 158 valence electrons. The number of hydrogen-bond acceptors (Lipinski definition) is 7. The minimum Gasteiger partial charge on any atom is -0.503 e. The molecule has 2 rings (SSSR count). The molecule has 0 N–H and O–H groups in total. The van der Waals surface area contributed by atoms with E-state index in [1.54, 1.807) is 25.1 Å². The van der Waals surface area contributed by atoms with Crippen LogP contribution in [0.5, 0.6) is 0 Å². The van der Waals surface area contributed by atoms with Crippen LogP contribution in [-0.4, -0.2) is 38.7 Å². The minimum atomic E-state index is -0.513. The van der Waals surface area contributed by atoms with Crippen molar-refractivity contribution >= 4 is 34.6 Å². The van der Waals surface area contributed by atoms with E-state index in [1.807, 2.05) is 30.3 Å². The molecule has 0 amide bonds. The van der Waals surface area contributed by atoms with Crippen molar-refractivity contribution in [3.05, 3.63) is 76.5 Å². The number of methoxy groups -OCH3 is 2. The quantitative estimate of drug-likeness (QED) is 0.193. The lowest BCUT2D eigenvalue weighted by Gasteiger charge is -2.11. The van der Waals surface area contributed by atoms with Gasteiger partial charge in [0.05, 0.1) is 20.5 Å². The fourth-order valence-electron chi connectivity index (χ4n) is 2.63. The highest BCUT2D eigenvalue weighted by molar-refractivity contribution is 6.47. The fraction of sp³-hybridized carbons (Fsp3) is 0.227. The summed E-state index contributed by atoms with van der Waals surface area (Å²) in [6.45, 7) is 1.87. The third-order valence-corrected chi connectivity index (χ3v) is 4.26. The Balaban J connectivity index is 2.23. The number of rotatable bonds is 9. The van der Waals surface area contributed by atoms with E-state index in [1.165, 1.54) is 27.6 Å². The molecule has 2 aromatic carbocycles. The first-order chi connectivity index (χ1) is 14.5. The van der Waals surface area contributed by atoms with Crippen LogP contribution in [0.1, 0.15) is 23.6 Å². The van der Waals surface area contributed by atoms with Gasteiger partial charge < -0.3 is 19.1 Å². The fourth-order valence-corrected chi connectivity index (χ4v) is 2.75. The molecule has 8 heteroatoms. The number of carbonyl (C=O) groups is 1. The van der Waals surface area contributed by atoms with Crippen molar-refractivity contribution in [1.29, 1.82) is 0 Å². The second-order valence-corrected chi connectivity index (χ2v) is 6.43. The number of esters is 1. The zero-order valence-corrected chi connectivity index (χ0v) is 18.0. The van der Waals surface area contributed by atoms with Crippen LogP contribution in [0.4, 0.5) is 0 Å². The van der Waals surface area contributed by atoms with E-state index in [0.29, 0.717) is 22.0 Å². The molecule has 0 bridgehead atoms. The van der Waals surface area contributed by atoms with Gasteiger partial charge in [-0.2, -0.15) is 0 Å². The lowest BCUT2D eigenvalue weighted by atomic mass is 10.0. The summed E-state index contributed by atoms with van der Waals surface area (Å²) < 4.78 is 9.86. The van der Waals surface area contributed by atoms with Crippen LogP contribution in [0.3, 0.4) is 0 Å². The molecule has 0 atom stereocenters. The molecular weight excluding hydrogens is 408 g/mol. The zero-order valence-electron chi connectivity index (χ0n) is 17.2. The molecule has 0 saturated heterocycles. The Morgan fingerprint density at radius 3 is 2.37 bits per heavy atom. The van der Waals surface area contributed by atoms with Crippen molar-refractivity contribution in [3.63, 3.8) is 0 Å². The first-order valence-corrected chi connectivity index (χ1v) is 9.33. The molecule has 0 aliphatic rings. The van der Waals surface area contributed by atoms with Gasteiger partial charge in [-0.25, -0.2) is 4.79 Å². The highest BCUT2D eigenvalue weighted by atomic mass is 35.5. The van der Waals surface area contributed by atoms with E-state index in [4.69, 9.17) is 30.7 Å². The largest absolute Gasteiger partial charge is 0.503 e. The van der Waals surface area contributed by atoms with Crippen molar-refractivity contribution in [2.45, 2.75) is 13.5 Å². The van der Waals surface area contributed by atoms with Gasteiger partial charge in [-0.1, -0.05) is 58.3 Å². The maximum absolute atomic E-state index is 12.1. The molecule has 0 aliphatic heterocycles. The van der Waals surface area contributed by atoms with Crippen LogP contribution in [-0.2, 0) is 30.6 Å². The normalized spacial score (nSPS) is 12.4. The maximum Gasteiger partial charge on any atom is 0.341 e. The number of carbonyl (C=O) groups excluding carboxylic acids is 1. The van der Waals surface area contributed by atoms with Gasteiger partial charge in [0.2, 0.25) is 0 Å². The smallest absolute Gasteiger partial charge is 0.341 e. The molecule has 0 heterocycles. The maximum atomic E-state index is 12.1. The monoisotopic (exact) mass is 430 g/mol. The van der Waals surface area contributed by atoms with E-state index in [-0.39, 0.29) is 12.2 Å². The van der Waals surface area contributed by atoms with Gasteiger partial charge in [0, 0.05) is 16.1 Å². The summed E-state index contributed by atoms with van der Waals surface area (Å²) >= 11 is 5.95. The lowest BCUT2D eigenvalue weighted by Crippen LogP contribution is -2.13. The predicted molar refractivity (Wildman–Crippen MR) is 116 cm³/mol. The topological polar surface area (TPSA) is 78.7 Å². The van der Waals surface area contributed by atoms with Gasteiger partial charge in [-0.05, 0) is 24.6 Å². The summed E-state index contributed by atoms with van der Waals surface area (Å²) in [5.41, 5.74) is 3.45. The molecule has 7 nitrogen and oxygen atoms in total. The van der Waals surface area contributed by atoms with Crippen LogP contribution in [0.2, 0.25) is 5.02 Å². The van der Waals surface area contributed by atoms with Crippen LogP contribution >= 0.6 is 11.6 Å². The average Bonchev–Trinajstić information content (AvgIpc) is 2.76. The summed E-state index contributed by atoms with van der Waals surface area (Å²) in [4.78, 5) is 22.6. The molecule has 0 fully saturated rings. The Morgan fingerprint density at radius 2 is 1.73 bits per heavy atom. The Bertz CT molecular complexity index is 952. The van der Waals surface area contributed by atoms with Gasteiger partial charge in [0.25, 0.3) is 0 Å². The standard InChI is InChI=1S/C22H23ClN2O5/c1-15(21(25-29-4)16-9-11-18(23)12-10-16)24-30-13-17-7-5-6-8-19(17)20(14-27-2)22(26)28-3/h5-12,14H,13H2,1-4H3/b20-14+,24-15+,25-21-. The van der Waals surface area contributed by atoms with E-state index in [0.717, 1.165) is 11.1 Å². The molecule has 0 unspecified atom stereocenters. The predicted octanol–water partition coefficient (Wildman–Crippen LogP) is 4.44. The number of ether oxygens (including phenoxy) is 2. The molecule has 0 aliphatic carbocycles. The number of oxime groups is 2. The molecular formula is C22H23ClN2O5. The molecule has 0 aromatic heterocycles. The van der Waals surface area contributed by atoms with Gasteiger partial charge in [0.15, 0.2) is 0 Å². The van der Waals surface area contributed by atoms with Crippen LogP contribution < -0.4 is 0 Å². The second kappa shape index (κ2) is 11.6. The van der Waals surface area contributed by atoms with Gasteiger partial charge in [-0.3, -0.25) is 0 Å². The number of benzene rings is 2. The summed E-state index contributed by atoms with van der Waals surface area (Å²) in [6, 6.07) is 14.4. The molecule has 2 aromatic rings. The third kappa shape index (κ3) is 6.09. The van der Waals surface area contributed by atoms with Crippen molar-refractivity contribution < 1.29 is 23.9 Å². The summed E-state index contributed by atoms with van der Waals surface area (Å²) in [6.07, 6.45) is 1.34. The lowest BCUT2D eigenvalue weighted by molar-refractivity contribution is -0.133. The van der Waals surface area contributed by atoms with Crippen molar-refractivity contribution in [3.8, 4) is 0 Å². The molecule has 0 radical (unpaired) electrons. The third-order valence-electron chi connectivity index (χ3n) is 4.01. The van der Waals surface area contributed by atoms with Crippen molar-refractivity contribution in [2.75, 3.05) is 21.3 Å². The Labute approximate surface area is 180 Å². The summed E-state index contributed by atoms with van der Waals surface area (Å²) in [5, 5.41) is 8.80. The highest BCUT2D eigenvalue weighted by Gasteiger charge is 2.17. The van der Waals surface area contributed by atoms with E-state index >= 15 is 0 Å². The first-order valence-electron chi connectivity index (χ1n) is 8.95. The first kappa shape index (κ1) is 23.0. The summed E-state index contributed by atoms with van der Waals surface area (Å²) in [5.74, 6) is -0.513. The molecule has 30 heavy (non-hydrogen) atoms. The van der Waals surface area contributed by atoms with E-state index in [9.17, 15) is 4.79 Å². The second-order valence-electron chi connectivity index (χ2n) is 6.00. The molecule has 0 saturated carbocycles. The number of hydrogen-bond donors (Lipinski definition) is 0. The SMILES string of the molecule is CO/C=C(/C(=O)OC)c1ccccc1CO/N=C(C)/C(=N/OC)c1ccc(Cl)cc1. The van der Waals surface area contributed by atoms with Crippen LogP contribution in [0, 0.1) is 0 Å². The van der Waals surface area contributed by atoms with Crippen LogP contribution in [0.25, 0.3) is 5.57 Å². The number of halogens is 1. The van der Waals surface area contributed by atoms with Gasteiger partial charge in [-0.15, -0.1) is 0 Å². The van der Waals surface area contributed by atoms with Gasteiger partial charge in [0.1, 0.15) is 30.7 Å². The van der Waals surface area contributed by atoms with E-state index < -0.39 is 5.97 Å². The zero-order chi connectivity index (χ0) is 21.9. The van der Waals surface area contributed by atoms with Gasteiger partial charge >= 0.3 is 5.97 Å². The highest BCUT2D eigenvalue weighted by Crippen LogP contribution is 2.22. The van der Waals surface area contributed by atoms with Crippen molar-refractivity contribution in [2.24, 2.45) is 10.3 Å². The van der Waals surface area contributed by atoms with E-state index in [2.05, 4.69) is 10.3 Å². The minimum absolute atomic E-state index is 0.118. The Hall–Kier alpha value is -3.32. The van der Waals surface area contributed by atoms with Crippen LogP contribution in [0.15, 0.2) is 65.1 Å². The Kier molecular flexibility index (Phi) is 8.90.